The Kier molecular flexibility index (Phi) is 4.03. The molecule has 5 heteroatoms. The molecule has 1 heterocycles. The van der Waals surface area contributed by atoms with Crippen molar-refractivity contribution in [3.63, 3.8) is 0 Å². The molecule has 3 nitrogen and oxygen atoms in total. The fourth-order valence-electron chi connectivity index (χ4n) is 2.75. The van der Waals surface area contributed by atoms with Crippen molar-refractivity contribution >= 4 is 5.91 Å². The van der Waals surface area contributed by atoms with E-state index in [4.69, 9.17) is 4.74 Å². The minimum atomic E-state index is -1.02. The number of rotatable bonds is 1. The Labute approximate surface area is 133 Å². The molecule has 0 aromatic heterocycles. The number of nitrogens with zero attached hydrogens (tertiary/aromatic N) is 1. The lowest BCUT2D eigenvalue weighted by Gasteiger charge is -2.22. The molecule has 2 aromatic carbocycles. The average molecular weight is 317 g/mol. The van der Waals surface area contributed by atoms with E-state index in [0.29, 0.717) is 13.1 Å². The molecule has 0 radical (unpaired) electrons. The van der Waals surface area contributed by atoms with Crippen LogP contribution in [-0.2, 0) is 6.54 Å². The van der Waals surface area contributed by atoms with Crippen LogP contribution in [0.15, 0.2) is 36.4 Å². The molecule has 1 amide bonds. The Morgan fingerprint density at radius 3 is 2.70 bits per heavy atom. The lowest BCUT2D eigenvalue weighted by molar-refractivity contribution is 0.0690. The standard InChI is InChI=1S/C18H17F2NO2/c1-11-3-6-17-14(7-11)10-21(9-12(2)23-17)18(22)13-4-5-15(19)16(20)8-13/h3-8,12H,9-10H2,1-2H3/t12-/m1/s1. The van der Waals surface area contributed by atoms with E-state index in [-0.39, 0.29) is 17.6 Å². The minimum Gasteiger partial charge on any atom is -0.489 e. The molecule has 0 aliphatic carbocycles. The highest BCUT2D eigenvalue weighted by atomic mass is 19.2. The molecule has 0 spiro atoms. The molecular weight excluding hydrogens is 300 g/mol. The summed E-state index contributed by atoms with van der Waals surface area (Å²) in [6.07, 6.45) is -0.187. The van der Waals surface area contributed by atoms with Crippen molar-refractivity contribution in [1.29, 1.82) is 0 Å². The summed E-state index contributed by atoms with van der Waals surface area (Å²) < 4.78 is 32.3. The molecule has 120 valence electrons. The van der Waals surface area contributed by atoms with Gasteiger partial charge >= 0.3 is 0 Å². The summed E-state index contributed by atoms with van der Waals surface area (Å²) in [6, 6.07) is 9.03. The first-order valence-electron chi connectivity index (χ1n) is 7.44. The smallest absolute Gasteiger partial charge is 0.254 e. The van der Waals surface area contributed by atoms with Crippen LogP contribution in [0.3, 0.4) is 0 Å². The summed E-state index contributed by atoms with van der Waals surface area (Å²) in [7, 11) is 0. The van der Waals surface area contributed by atoms with Gasteiger partial charge in [0, 0.05) is 17.7 Å². The van der Waals surface area contributed by atoms with Gasteiger partial charge in [-0.3, -0.25) is 4.79 Å². The number of hydrogen-bond acceptors (Lipinski definition) is 2. The van der Waals surface area contributed by atoms with Crippen molar-refractivity contribution in [1.82, 2.24) is 4.90 Å². The number of hydrogen-bond donors (Lipinski definition) is 0. The Balaban J connectivity index is 1.92. The monoisotopic (exact) mass is 317 g/mol. The third-order valence-electron chi connectivity index (χ3n) is 3.84. The number of ether oxygens (including phenoxy) is 1. The number of halogens is 2. The van der Waals surface area contributed by atoms with Gasteiger partial charge in [-0.2, -0.15) is 0 Å². The predicted octanol–water partition coefficient (Wildman–Crippen LogP) is 3.70. The van der Waals surface area contributed by atoms with Crippen LogP contribution in [0.1, 0.15) is 28.4 Å². The van der Waals surface area contributed by atoms with Gasteiger partial charge < -0.3 is 9.64 Å². The zero-order chi connectivity index (χ0) is 16.6. The van der Waals surface area contributed by atoms with E-state index in [0.717, 1.165) is 29.0 Å². The molecule has 0 saturated heterocycles. The molecule has 0 saturated carbocycles. The second-order valence-corrected chi connectivity index (χ2v) is 5.85. The van der Waals surface area contributed by atoms with Crippen molar-refractivity contribution in [2.45, 2.75) is 26.5 Å². The van der Waals surface area contributed by atoms with E-state index in [2.05, 4.69) is 0 Å². The van der Waals surface area contributed by atoms with Crippen molar-refractivity contribution in [2.24, 2.45) is 0 Å². The van der Waals surface area contributed by atoms with Crippen molar-refractivity contribution < 1.29 is 18.3 Å². The van der Waals surface area contributed by atoms with Crippen LogP contribution >= 0.6 is 0 Å². The van der Waals surface area contributed by atoms with Gasteiger partial charge in [0.2, 0.25) is 0 Å². The third-order valence-corrected chi connectivity index (χ3v) is 3.84. The van der Waals surface area contributed by atoms with E-state index >= 15 is 0 Å². The van der Waals surface area contributed by atoms with Gasteiger partial charge in [0.05, 0.1) is 6.54 Å². The number of carbonyl (C=O) groups is 1. The van der Waals surface area contributed by atoms with Crippen LogP contribution < -0.4 is 4.74 Å². The molecule has 2 aromatic rings. The maximum atomic E-state index is 13.4. The summed E-state index contributed by atoms with van der Waals surface area (Å²) in [4.78, 5) is 14.2. The van der Waals surface area contributed by atoms with Gasteiger partial charge in [0.15, 0.2) is 11.6 Å². The van der Waals surface area contributed by atoms with Gasteiger partial charge in [-0.05, 0) is 38.1 Å². The molecule has 0 N–H and O–H groups in total. The first-order chi connectivity index (χ1) is 10.9. The molecule has 3 rings (SSSR count). The zero-order valence-corrected chi connectivity index (χ0v) is 13.0. The lowest BCUT2D eigenvalue weighted by atomic mass is 10.1. The summed E-state index contributed by atoms with van der Waals surface area (Å²) in [5.41, 5.74) is 2.11. The van der Waals surface area contributed by atoms with E-state index < -0.39 is 11.6 Å². The van der Waals surface area contributed by atoms with Crippen LogP contribution in [0.25, 0.3) is 0 Å². The van der Waals surface area contributed by atoms with Gasteiger partial charge in [-0.15, -0.1) is 0 Å². The predicted molar refractivity (Wildman–Crippen MR) is 82.4 cm³/mol. The van der Waals surface area contributed by atoms with E-state index in [1.807, 2.05) is 32.0 Å². The number of amides is 1. The topological polar surface area (TPSA) is 29.5 Å². The van der Waals surface area contributed by atoms with Crippen molar-refractivity contribution in [3.8, 4) is 5.75 Å². The van der Waals surface area contributed by atoms with Crippen molar-refractivity contribution in [3.05, 3.63) is 64.7 Å². The summed E-state index contributed by atoms with van der Waals surface area (Å²) in [5.74, 6) is -1.57. The van der Waals surface area contributed by atoms with E-state index in [1.165, 1.54) is 6.07 Å². The summed E-state index contributed by atoms with van der Waals surface area (Å²) >= 11 is 0. The molecule has 0 bridgehead atoms. The van der Waals surface area contributed by atoms with Gasteiger partial charge in [0.1, 0.15) is 11.9 Å². The first-order valence-corrected chi connectivity index (χ1v) is 7.44. The van der Waals surface area contributed by atoms with Crippen molar-refractivity contribution in [2.75, 3.05) is 6.54 Å². The fraction of sp³-hybridized carbons (Fsp3) is 0.278. The molecule has 0 fully saturated rings. The maximum Gasteiger partial charge on any atom is 0.254 e. The number of carbonyl (C=O) groups excluding carboxylic acids is 1. The normalized spacial score (nSPS) is 17.2. The summed E-state index contributed by atoms with van der Waals surface area (Å²) in [5, 5.41) is 0. The van der Waals surface area contributed by atoms with Gasteiger partial charge in [0.25, 0.3) is 5.91 Å². The highest BCUT2D eigenvalue weighted by Gasteiger charge is 2.25. The second-order valence-electron chi connectivity index (χ2n) is 5.85. The Hall–Kier alpha value is -2.43. The number of fused-ring (bicyclic) bond motifs is 1. The van der Waals surface area contributed by atoms with Crippen LogP contribution in [0.5, 0.6) is 5.75 Å². The van der Waals surface area contributed by atoms with E-state index in [1.54, 1.807) is 4.90 Å². The molecule has 1 aliphatic heterocycles. The largest absolute Gasteiger partial charge is 0.489 e. The number of aryl methyl sites for hydroxylation is 1. The molecular formula is C18H17F2NO2. The van der Waals surface area contributed by atoms with Gasteiger partial charge in [-0.25, -0.2) is 8.78 Å². The summed E-state index contributed by atoms with van der Waals surface area (Å²) in [6.45, 7) is 4.60. The highest BCUT2D eigenvalue weighted by Crippen LogP contribution is 2.27. The fourth-order valence-corrected chi connectivity index (χ4v) is 2.75. The highest BCUT2D eigenvalue weighted by molar-refractivity contribution is 5.94. The minimum absolute atomic E-state index is 0.132. The lowest BCUT2D eigenvalue weighted by Crippen LogP contribution is -2.36. The van der Waals surface area contributed by atoms with Crippen LogP contribution in [0.4, 0.5) is 8.78 Å². The van der Waals surface area contributed by atoms with Gasteiger partial charge in [-0.1, -0.05) is 17.7 Å². The first kappa shape index (κ1) is 15.5. The quantitative estimate of drug-likeness (QED) is 0.803. The van der Waals surface area contributed by atoms with E-state index in [9.17, 15) is 13.6 Å². The van der Waals surface area contributed by atoms with Crippen LogP contribution in [-0.4, -0.2) is 23.5 Å². The zero-order valence-electron chi connectivity index (χ0n) is 13.0. The second kappa shape index (κ2) is 5.99. The van der Waals surface area contributed by atoms with Crippen LogP contribution in [0.2, 0.25) is 0 Å². The maximum absolute atomic E-state index is 13.4. The molecule has 23 heavy (non-hydrogen) atoms. The molecule has 0 unspecified atom stereocenters. The average Bonchev–Trinajstić information content (AvgIpc) is 2.67. The Morgan fingerprint density at radius 1 is 1.17 bits per heavy atom. The number of benzene rings is 2. The molecule has 1 atom stereocenters. The molecule has 1 aliphatic rings. The Morgan fingerprint density at radius 2 is 1.96 bits per heavy atom. The SMILES string of the molecule is Cc1ccc2c(c1)CN(C(=O)c1ccc(F)c(F)c1)C[C@@H](C)O2. The Bertz CT molecular complexity index is 761. The third kappa shape index (κ3) is 3.18. The van der Waals surface area contributed by atoms with Crippen LogP contribution in [0, 0.1) is 18.6 Å².